The summed E-state index contributed by atoms with van der Waals surface area (Å²) in [5, 5.41) is 4.43. The topological polar surface area (TPSA) is 0 Å². The Kier molecular flexibility index (Phi) is 5.46. The number of halogens is 1. The van der Waals surface area contributed by atoms with Crippen LogP contribution < -0.4 is 17.0 Å². The van der Waals surface area contributed by atoms with Crippen molar-refractivity contribution in [2.24, 2.45) is 0 Å². The van der Waals surface area contributed by atoms with Gasteiger partial charge in [0.05, 0.1) is 19.6 Å². The van der Waals surface area contributed by atoms with Gasteiger partial charge in [0.2, 0.25) is 0 Å². The molecule has 2 aromatic rings. The summed E-state index contributed by atoms with van der Waals surface area (Å²) < 4.78 is 1.29. The van der Waals surface area contributed by atoms with E-state index in [-0.39, 0.29) is 17.0 Å². The number of piperidine rings is 2. The first kappa shape index (κ1) is 17.4. The van der Waals surface area contributed by atoms with Crippen LogP contribution in [0.15, 0.2) is 40.6 Å². The lowest BCUT2D eigenvalue weighted by molar-refractivity contribution is -0.937. The highest BCUT2D eigenvalue weighted by Crippen LogP contribution is 2.41. The second-order valence-electron chi connectivity index (χ2n) is 6.98. The molecule has 2 aromatic heterocycles. The molecule has 0 spiro atoms. The van der Waals surface area contributed by atoms with Gasteiger partial charge in [0.15, 0.2) is 0 Å². The lowest BCUT2D eigenvalue weighted by Crippen LogP contribution is -3.00. The zero-order valence-corrected chi connectivity index (χ0v) is 16.9. The molecule has 2 saturated heterocycles. The van der Waals surface area contributed by atoms with Crippen LogP contribution in [0.25, 0.3) is 5.57 Å². The average molecular weight is 410 g/mol. The maximum Gasteiger partial charge on any atom is 0.101 e. The van der Waals surface area contributed by atoms with Gasteiger partial charge in [0, 0.05) is 21.7 Å². The van der Waals surface area contributed by atoms with Gasteiger partial charge in [0.1, 0.15) is 6.54 Å². The van der Waals surface area contributed by atoms with Crippen molar-refractivity contribution in [3.63, 3.8) is 0 Å². The van der Waals surface area contributed by atoms with Crippen LogP contribution in [0.4, 0.5) is 0 Å². The number of fused-ring (bicyclic) bond motifs is 1. The third-order valence-corrected chi connectivity index (χ3v) is 7.33. The van der Waals surface area contributed by atoms with Crippen LogP contribution in [-0.2, 0) is 0 Å². The molecule has 2 aliphatic heterocycles. The highest BCUT2D eigenvalue weighted by Gasteiger charge is 2.40. The number of hydrogen-bond acceptors (Lipinski definition) is 2. The summed E-state index contributed by atoms with van der Waals surface area (Å²) in [6, 6.07) is 9.89. The zero-order chi connectivity index (χ0) is 15.0. The summed E-state index contributed by atoms with van der Waals surface area (Å²) >= 11 is 3.79. The van der Waals surface area contributed by atoms with Gasteiger partial charge < -0.3 is 21.5 Å². The van der Waals surface area contributed by atoms with Crippen molar-refractivity contribution in [1.29, 1.82) is 0 Å². The summed E-state index contributed by atoms with van der Waals surface area (Å²) in [5.74, 6) is 0. The van der Waals surface area contributed by atoms with Crippen LogP contribution in [0, 0.1) is 0 Å². The lowest BCUT2D eigenvalue weighted by Gasteiger charge is -2.48. The van der Waals surface area contributed by atoms with Crippen LogP contribution in [0.1, 0.15) is 41.9 Å². The molecule has 0 N–H and O–H groups in total. The van der Waals surface area contributed by atoms with E-state index in [1.54, 1.807) is 11.1 Å². The van der Waals surface area contributed by atoms with Crippen LogP contribution in [0.5, 0.6) is 0 Å². The molecule has 124 valence electrons. The van der Waals surface area contributed by atoms with Gasteiger partial charge in [-0.1, -0.05) is 12.1 Å². The molecule has 0 aliphatic carbocycles. The van der Waals surface area contributed by atoms with Gasteiger partial charge in [-0.05, 0) is 54.1 Å². The van der Waals surface area contributed by atoms with Gasteiger partial charge in [-0.25, -0.2) is 0 Å². The summed E-state index contributed by atoms with van der Waals surface area (Å²) in [6.07, 6.45) is 6.97. The van der Waals surface area contributed by atoms with E-state index in [2.05, 4.69) is 42.1 Å². The number of quaternary nitrogens is 1. The summed E-state index contributed by atoms with van der Waals surface area (Å²) in [4.78, 5) is 2.92. The lowest BCUT2D eigenvalue weighted by atomic mass is 9.85. The predicted octanol–water partition coefficient (Wildman–Crippen LogP) is 2.41. The second kappa shape index (κ2) is 7.22. The Morgan fingerprint density at radius 3 is 2.35 bits per heavy atom. The zero-order valence-electron chi connectivity index (χ0n) is 13.6. The fourth-order valence-electron chi connectivity index (χ4n) is 4.38. The SMILES string of the molecule is C[N@@+]12CCCC[C@H]1CCC(=C(c1cccs1)c1cccs1)C2.[Br-]. The van der Waals surface area contributed by atoms with E-state index in [4.69, 9.17) is 0 Å². The van der Waals surface area contributed by atoms with Crippen molar-refractivity contribution in [1.82, 2.24) is 0 Å². The van der Waals surface area contributed by atoms with Crippen molar-refractivity contribution < 1.29 is 21.5 Å². The Labute approximate surface area is 158 Å². The fourth-order valence-corrected chi connectivity index (χ4v) is 6.11. The van der Waals surface area contributed by atoms with Crippen molar-refractivity contribution in [3.8, 4) is 0 Å². The normalized spacial score (nSPS) is 27.2. The van der Waals surface area contributed by atoms with Crippen LogP contribution in [-0.4, -0.2) is 30.7 Å². The first-order chi connectivity index (χ1) is 10.8. The first-order valence-corrected chi connectivity index (χ1v) is 10.2. The quantitative estimate of drug-likeness (QED) is 0.668. The van der Waals surface area contributed by atoms with Crippen LogP contribution in [0.3, 0.4) is 0 Å². The Balaban J connectivity index is 0.00000156. The molecule has 0 amide bonds. The number of nitrogens with zero attached hydrogens (tertiary/aromatic N) is 1. The third kappa shape index (κ3) is 3.37. The van der Waals surface area contributed by atoms with E-state index in [0.717, 1.165) is 6.04 Å². The summed E-state index contributed by atoms with van der Waals surface area (Å²) in [7, 11) is 2.50. The van der Waals surface area contributed by atoms with E-state index in [9.17, 15) is 0 Å². The van der Waals surface area contributed by atoms with Gasteiger partial charge in [-0.2, -0.15) is 0 Å². The van der Waals surface area contributed by atoms with Crippen molar-refractivity contribution in [2.75, 3.05) is 20.1 Å². The number of thiophene rings is 2. The molecule has 1 nitrogen and oxygen atoms in total. The fraction of sp³-hybridized carbons (Fsp3) is 0.474. The smallest absolute Gasteiger partial charge is 0.101 e. The number of rotatable bonds is 2. The average Bonchev–Trinajstić information content (AvgIpc) is 3.20. The molecule has 0 unspecified atom stereocenters. The molecular formula is C19H24BrNS2. The minimum atomic E-state index is 0. The Bertz CT molecular complexity index is 623. The molecule has 0 saturated carbocycles. The molecule has 23 heavy (non-hydrogen) atoms. The maximum absolute atomic E-state index is 2.50. The third-order valence-electron chi connectivity index (χ3n) is 5.56. The van der Waals surface area contributed by atoms with Gasteiger partial charge in [-0.3, -0.25) is 0 Å². The van der Waals surface area contributed by atoms with Crippen LogP contribution >= 0.6 is 22.7 Å². The Morgan fingerprint density at radius 2 is 1.74 bits per heavy atom. The number of hydrogen-bond donors (Lipinski definition) is 0. The molecule has 2 atom stereocenters. The number of likely N-dealkylation sites (N-methyl/N-ethyl adjacent to an activating group) is 1. The standard InChI is InChI=1S/C19H24NS2.BrH/c1-20-11-3-2-6-16(20)10-9-15(14-20)19(17-7-4-12-21-17)18-8-5-13-22-18;/h4-5,7-8,12-13,16H,2-3,6,9-11,14H2,1H3;1H/q+1;/p-1/t16-,20-;/m0./s1. The van der Waals surface area contributed by atoms with Crippen molar-refractivity contribution >= 4 is 28.2 Å². The van der Waals surface area contributed by atoms with Crippen molar-refractivity contribution in [2.45, 2.75) is 38.1 Å². The maximum atomic E-state index is 2.50. The van der Waals surface area contributed by atoms with Gasteiger partial charge in [0.25, 0.3) is 0 Å². The Morgan fingerprint density at radius 1 is 1.04 bits per heavy atom. The van der Waals surface area contributed by atoms with E-state index in [1.165, 1.54) is 59.4 Å². The second-order valence-corrected chi connectivity index (χ2v) is 8.88. The van der Waals surface area contributed by atoms with E-state index < -0.39 is 0 Å². The van der Waals surface area contributed by atoms with Crippen LogP contribution in [0.2, 0.25) is 0 Å². The Hall–Kier alpha value is -0.420. The van der Waals surface area contributed by atoms with Gasteiger partial charge in [-0.15, -0.1) is 22.7 Å². The highest BCUT2D eigenvalue weighted by atomic mass is 79.9. The first-order valence-electron chi connectivity index (χ1n) is 8.40. The molecule has 0 aromatic carbocycles. The molecule has 4 heterocycles. The molecule has 2 fully saturated rings. The predicted molar refractivity (Wildman–Crippen MR) is 97.5 cm³/mol. The minimum Gasteiger partial charge on any atom is -1.00 e. The van der Waals surface area contributed by atoms with Crippen molar-refractivity contribution in [3.05, 3.63) is 50.4 Å². The largest absolute Gasteiger partial charge is 1.00 e. The molecule has 2 aliphatic rings. The molecule has 4 heteroatoms. The van der Waals surface area contributed by atoms with E-state index in [1.807, 2.05) is 22.7 Å². The molecular weight excluding hydrogens is 386 g/mol. The monoisotopic (exact) mass is 409 g/mol. The highest BCUT2D eigenvalue weighted by molar-refractivity contribution is 7.13. The molecule has 0 radical (unpaired) electrons. The summed E-state index contributed by atoms with van der Waals surface area (Å²) in [6.45, 7) is 2.63. The molecule has 0 bridgehead atoms. The minimum absolute atomic E-state index is 0. The molecule has 4 rings (SSSR count). The van der Waals surface area contributed by atoms with E-state index >= 15 is 0 Å². The van der Waals surface area contributed by atoms with E-state index in [0.29, 0.717) is 0 Å². The van der Waals surface area contributed by atoms with Gasteiger partial charge >= 0.3 is 0 Å². The summed E-state index contributed by atoms with van der Waals surface area (Å²) in [5.41, 5.74) is 3.25.